The third-order valence-electron chi connectivity index (χ3n) is 14.7. The third kappa shape index (κ3) is 7.26. The van der Waals surface area contributed by atoms with Gasteiger partial charge in [0.1, 0.15) is 16.5 Å². The maximum Gasteiger partial charge on any atom is 0.165 e. The Kier molecular flexibility index (Phi) is 10.6. The Hall–Kier alpha value is -10.8. The van der Waals surface area contributed by atoms with Crippen molar-refractivity contribution in [3.8, 4) is 22.5 Å². The maximum atomic E-state index is 5.50. The molecule has 6 aromatic heterocycles. The molecule has 366 valence electrons. The Morgan fingerprint density at radius 2 is 0.833 bits per heavy atom. The van der Waals surface area contributed by atoms with Gasteiger partial charge in [0.25, 0.3) is 0 Å². The van der Waals surface area contributed by atoms with Gasteiger partial charge in [-0.3, -0.25) is 23.8 Å². The van der Waals surface area contributed by atoms with Gasteiger partial charge in [-0.15, -0.1) is 0 Å². The summed E-state index contributed by atoms with van der Waals surface area (Å²) in [6.45, 7) is 0. The molecule has 0 spiro atoms. The van der Waals surface area contributed by atoms with Gasteiger partial charge < -0.3 is 9.80 Å². The first-order chi connectivity index (χ1) is 38.7. The van der Waals surface area contributed by atoms with Crippen molar-refractivity contribution in [2.24, 2.45) is 0 Å². The molecule has 0 N–H and O–H groups in total. The summed E-state index contributed by atoms with van der Waals surface area (Å²) in [6.07, 6.45) is 10.7. The first-order valence-electron chi connectivity index (χ1n) is 25.9. The zero-order valence-electron chi connectivity index (χ0n) is 41.9. The number of benzene rings is 9. The fourth-order valence-electron chi connectivity index (χ4n) is 11.4. The first kappa shape index (κ1) is 44.6. The summed E-state index contributed by atoms with van der Waals surface area (Å²) in [5.74, 6) is 0. The van der Waals surface area contributed by atoms with E-state index in [2.05, 4.69) is 236 Å². The molecule has 0 unspecified atom stereocenters. The monoisotopic (exact) mass is 1000 g/mol. The van der Waals surface area contributed by atoms with Crippen molar-refractivity contribution >= 4 is 94.6 Å². The van der Waals surface area contributed by atoms with Crippen LogP contribution >= 0.6 is 0 Å². The van der Waals surface area contributed by atoms with Crippen LogP contribution in [0.5, 0.6) is 0 Å². The minimum Gasteiger partial charge on any atom is -0.311 e. The smallest absolute Gasteiger partial charge is 0.165 e. The average molecular weight is 1000 g/mol. The molecule has 6 heterocycles. The molecule has 0 bridgehead atoms. The molecule has 10 heteroatoms. The fraction of sp³-hybridized carbons (Fsp3) is 0. The van der Waals surface area contributed by atoms with Crippen LogP contribution < -0.4 is 15.3 Å². The van der Waals surface area contributed by atoms with Crippen molar-refractivity contribution in [3.05, 3.63) is 284 Å². The van der Waals surface area contributed by atoms with Crippen LogP contribution in [0.15, 0.2) is 268 Å². The van der Waals surface area contributed by atoms with Crippen LogP contribution in [0.2, 0.25) is 0 Å². The Labute approximate surface area is 447 Å². The Balaban J connectivity index is 1.12. The molecular formula is C68H44N10. The van der Waals surface area contributed by atoms with E-state index < -0.39 is 0 Å². The summed E-state index contributed by atoms with van der Waals surface area (Å²) in [6, 6.07) is 81.1. The highest BCUT2D eigenvalue weighted by Crippen LogP contribution is 2.42. The number of rotatable bonds is 10. The van der Waals surface area contributed by atoms with Crippen molar-refractivity contribution in [1.82, 2.24) is 38.7 Å². The number of hydrogen-bond donors (Lipinski definition) is 0. The fourth-order valence-corrected chi connectivity index (χ4v) is 11.4. The number of hydrogen-bond acceptors (Lipinski definition) is 8. The summed E-state index contributed by atoms with van der Waals surface area (Å²) in [5.41, 5.74) is 18.2. The van der Waals surface area contributed by atoms with Crippen LogP contribution in [0.3, 0.4) is 0 Å². The van der Waals surface area contributed by atoms with Gasteiger partial charge in [-0.05, 0) is 83.9 Å². The van der Waals surface area contributed by atoms with Crippen molar-refractivity contribution in [1.29, 1.82) is 0 Å². The van der Waals surface area contributed by atoms with E-state index in [4.69, 9.17) is 24.9 Å². The van der Waals surface area contributed by atoms with E-state index in [1.54, 1.807) is 24.8 Å². The van der Waals surface area contributed by atoms with Crippen LogP contribution in [0.25, 0.3) is 83.0 Å². The second-order valence-corrected chi connectivity index (χ2v) is 19.2. The third-order valence-corrected chi connectivity index (χ3v) is 14.7. The van der Waals surface area contributed by atoms with Gasteiger partial charge in [0.05, 0.1) is 34.8 Å². The van der Waals surface area contributed by atoms with E-state index in [0.29, 0.717) is 11.3 Å². The van der Waals surface area contributed by atoms with Crippen LogP contribution in [0, 0.1) is 0 Å². The highest BCUT2D eigenvalue weighted by Gasteiger charge is 2.27. The standard InChI is InChI=1S/C68H44N10/c1-6-17-45(18-7-1)58-44-73-66-62(74-58)57-28-16-27-54-55-37-38-56(59-43-69-39-40-70-59)61-63-67(72-42-41-71-63)78(65(55)61)68(77(66)64(54)57)60(46-29-33-52(34-30-46)75(48-19-8-2-9-20-48)49-21-10-3-11-22-49)47-31-35-53(36-32-47)76(50-23-12-4-13-24-50)51-25-14-5-15-26-51/h1-44H. The van der Waals surface area contributed by atoms with Gasteiger partial charge in [-0.2, -0.15) is 0 Å². The highest BCUT2D eigenvalue weighted by molar-refractivity contribution is 6.25. The van der Waals surface area contributed by atoms with E-state index >= 15 is 0 Å². The minimum atomic E-state index is 0.682. The molecule has 0 saturated heterocycles. The summed E-state index contributed by atoms with van der Waals surface area (Å²) >= 11 is 0. The largest absolute Gasteiger partial charge is 0.311 e. The average Bonchev–Trinajstić information content (AvgIpc) is 4.21. The molecule has 0 aliphatic rings. The maximum absolute atomic E-state index is 5.50. The SMILES string of the molecule is c1ccc(-c2cnc3c(n2)c2cccc4c5ccc(-c6cnccn6)c6c7nccnc7n(c(=C(c7ccc(N(c8ccccc8)c8ccccc8)cc7)c7ccc(N(c8ccccc8)c8ccccc8)cc7)n3c42)c56)cc1. The lowest BCUT2D eigenvalue weighted by Crippen LogP contribution is -2.25. The highest BCUT2D eigenvalue weighted by atomic mass is 15.2. The van der Waals surface area contributed by atoms with E-state index in [9.17, 15) is 0 Å². The Bertz CT molecular complexity index is 4540. The molecule has 9 aromatic carbocycles. The van der Waals surface area contributed by atoms with Gasteiger partial charge in [0, 0.05) is 97.2 Å². The molecule has 0 aliphatic heterocycles. The number of para-hydroxylation sites is 5. The van der Waals surface area contributed by atoms with Crippen LogP contribution in [0.4, 0.5) is 34.1 Å². The molecule has 0 fully saturated rings. The predicted molar refractivity (Wildman–Crippen MR) is 315 cm³/mol. The number of aromatic nitrogens is 8. The number of fused-ring (bicyclic) bond motifs is 7. The van der Waals surface area contributed by atoms with Gasteiger partial charge in [-0.1, -0.05) is 158 Å². The van der Waals surface area contributed by atoms with Crippen LogP contribution in [0.1, 0.15) is 11.1 Å². The molecule has 10 nitrogen and oxygen atoms in total. The summed E-state index contributed by atoms with van der Waals surface area (Å²) in [4.78, 5) is 35.4. The predicted octanol–water partition coefficient (Wildman–Crippen LogP) is 15.4. The van der Waals surface area contributed by atoms with Gasteiger partial charge >= 0.3 is 0 Å². The van der Waals surface area contributed by atoms with E-state index in [1.165, 1.54) is 0 Å². The van der Waals surface area contributed by atoms with E-state index in [-0.39, 0.29) is 0 Å². The second-order valence-electron chi connectivity index (χ2n) is 19.2. The lowest BCUT2D eigenvalue weighted by Gasteiger charge is -2.26. The van der Waals surface area contributed by atoms with Gasteiger partial charge in [0.2, 0.25) is 0 Å². The molecule has 78 heavy (non-hydrogen) atoms. The van der Waals surface area contributed by atoms with Crippen molar-refractivity contribution < 1.29 is 0 Å². The molecular weight excluding hydrogens is 957 g/mol. The molecule has 0 saturated carbocycles. The summed E-state index contributed by atoms with van der Waals surface area (Å²) in [7, 11) is 0. The van der Waals surface area contributed by atoms with Crippen LogP contribution in [-0.2, 0) is 0 Å². The molecule has 15 aromatic rings. The molecule has 0 radical (unpaired) electrons. The lowest BCUT2D eigenvalue weighted by atomic mass is 9.97. The van der Waals surface area contributed by atoms with E-state index in [1.807, 2.05) is 30.6 Å². The molecule has 0 atom stereocenters. The van der Waals surface area contributed by atoms with Crippen molar-refractivity contribution in [2.75, 3.05) is 9.80 Å². The number of nitrogens with zero attached hydrogens (tertiary/aromatic N) is 10. The topological polar surface area (TPSA) is 92.6 Å². The quantitative estimate of drug-likeness (QED) is 0.134. The van der Waals surface area contributed by atoms with Gasteiger partial charge in [0.15, 0.2) is 11.3 Å². The first-order valence-corrected chi connectivity index (χ1v) is 25.9. The van der Waals surface area contributed by atoms with Gasteiger partial charge in [-0.25, -0.2) is 15.0 Å². The van der Waals surface area contributed by atoms with Crippen LogP contribution in [-0.4, -0.2) is 38.7 Å². The zero-order chi connectivity index (χ0) is 51.5. The second kappa shape index (κ2) is 18.5. The molecule has 0 aliphatic carbocycles. The minimum absolute atomic E-state index is 0.682. The van der Waals surface area contributed by atoms with Crippen molar-refractivity contribution in [3.63, 3.8) is 0 Å². The summed E-state index contributed by atoms with van der Waals surface area (Å²) < 4.78 is 4.64. The van der Waals surface area contributed by atoms with E-state index in [0.717, 1.165) is 122 Å². The lowest BCUT2D eigenvalue weighted by molar-refractivity contribution is 0.997. The zero-order valence-corrected chi connectivity index (χ0v) is 41.9. The Morgan fingerprint density at radius 1 is 0.346 bits per heavy atom. The molecule has 0 amide bonds. The number of anilines is 6. The molecule has 15 rings (SSSR count). The van der Waals surface area contributed by atoms with Crippen molar-refractivity contribution in [2.45, 2.75) is 0 Å². The Morgan fingerprint density at radius 3 is 1.40 bits per heavy atom. The summed E-state index contributed by atoms with van der Waals surface area (Å²) in [5, 5.41) is 3.94. The normalized spacial score (nSPS) is 11.6.